The van der Waals surface area contributed by atoms with Crippen molar-refractivity contribution in [3.05, 3.63) is 11.8 Å². The van der Waals surface area contributed by atoms with Gasteiger partial charge in [0.2, 0.25) is 0 Å². The summed E-state index contributed by atoms with van der Waals surface area (Å²) in [4.78, 5) is 10.1. The Labute approximate surface area is 85.8 Å². The number of rotatable bonds is 1. The molecule has 56 valence electrons. The van der Waals surface area contributed by atoms with E-state index < -0.39 is 12.2 Å². The van der Waals surface area contributed by atoms with Crippen LogP contribution in [0.4, 0.5) is 0 Å². The van der Waals surface area contributed by atoms with Crippen molar-refractivity contribution < 1.29 is 44.6 Å². The summed E-state index contributed by atoms with van der Waals surface area (Å²) in [6.45, 7) is 0.237. The van der Waals surface area contributed by atoms with Gasteiger partial charge in [-0.25, -0.2) is 0 Å². The molecule has 0 aromatic carbocycles. The summed E-state index contributed by atoms with van der Waals surface area (Å²) in [5.41, 5.74) is -0.0775. The molecule has 1 unspecified atom stereocenters. The molecule has 0 bridgehead atoms. The van der Waals surface area contributed by atoms with Gasteiger partial charge >= 0.3 is 29.6 Å². The molecule has 1 aliphatic rings. The van der Waals surface area contributed by atoms with E-state index in [-0.39, 0.29) is 41.9 Å². The van der Waals surface area contributed by atoms with Crippen molar-refractivity contribution in [3.8, 4) is 0 Å². The number of carboxylic acid groups (broad SMARTS) is 1. The Morgan fingerprint density at radius 2 is 2.45 bits per heavy atom. The zero-order chi connectivity index (χ0) is 7.56. The first-order chi connectivity index (χ1) is 4.70. The Morgan fingerprint density at radius 1 is 1.82 bits per heavy atom. The van der Waals surface area contributed by atoms with Crippen molar-refractivity contribution >= 4 is 5.97 Å². The van der Waals surface area contributed by atoms with E-state index in [1.165, 1.54) is 0 Å². The number of aliphatic hydroxyl groups excluding tert-OH is 1. The van der Waals surface area contributed by atoms with Crippen LogP contribution < -0.4 is 45.3 Å². The van der Waals surface area contributed by atoms with E-state index in [4.69, 9.17) is 5.11 Å². The number of hydrogen-bond acceptors (Lipinski definition) is 5. The molecule has 3 N–H and O–H groups in total. The summed E-state index contributed by atoms with van der Waals surface area (Å²) < 4.78 is 0. The maximum Gasteiger partial charge on any atom is 1.00 e. The fraction of sp³-hybridized carbons (Fsp3) is 0.400. The van der Waals surface area contributed by atoms with Crippen molar-refractivity contribution in [2.45, 2.75) is 6.23 Å². The Morgan fingerprint density at radius 3 is 2.82 bits per heavy atom. The average molecular weight is 166 g/mol. The summed E-state index contributed by atoms with van der Waals surface area (Å²) in [5, 5.41) is 23.9. The standard InChI is InChI=1S/C5H8N2O3.Na/c8-4-1-3(5(9)10)6-2-7-4;/h1,4,6-8H,2H2,(H,9,10);/q;+1/p-1. The molecule has 6 heteroatoms. The molecule has 0 radical (unpaired) electrons. The summed E-state index contributed by atoms with van der Waals surface area (Å²) in [5.74, 6) is -1.31. The van der Waals surface area contributed by atoms with Gasteiger partial charge < -0.3 is 20.3 Å². The normalized spacial score (nSPS) is 22.6. The number of hydrogen-bond donors (Lipinski definition) is 3. The van der Waals surface area contributed by atoms with Crippen molar-refractivity contribution in [3.63, 3.8) is 0 Å². The summed E-state index contributed by atoms with van der Waals surface area (Å²) >= 11 is 0. The van der Waals surface area contributed by atoms with E-state index in [1.54, 1.807) is 0 Å². The van der Waals surface area contributed by atoms with E-state index in [1.807, 2.05) is 0 Å². The number of aliphatic carboxylic acids is 1. The summed E-state index contributed by atoms with van der Waals surface area (Å²) in [6.07, 6.45) is 0.243. The van der Waals surface area contributed by atoms with Gasteiger partial charge in [0.25, 0.3) is 0 Å². The Balaban J connectivity index is 0.000001000. The van der Waals surface area contributed by atoms with Crippen LogP contribution in [0, 0.1) is 0 Å². The minimum atomic E-state index is -1.31. The molecule has 5 nitrogen and oxygen atoms in total. The molecular weight excluding hydrogens is 159 g/mol. The van der Waals surface area contributed by atoms with Gasteiger partial charge in [-0.05, 0) is 6.08 Å². The van der Waals surface area contributed by atoms with Gasteiger partial charge in [-0.1, -0.05) is 0 Å². The molecule has 0 fully saturated rings. The first kappa shape index (κ1) is 10.9. The number of nitrogens with one attached hydrogen (secondary N) is 2. The number of carboxylic acids is 1. The van der Waals surface area contributed by atoms with Crippen LogP contribution in [0.2, 0.25) is 0 Å². The molecule has 11 heavy (non-hydrogen) atoms. The largest absolute Gasteiger partial charge is 1.00 e. The first-order valence-electron chi connectivity index (χ1n) is 2.78. The smallest absolute Gasteiger partial charge is 0.543 e. The van der Waals surface area contributed by atoms with Crippen LogP contribution in [0.3, 0.4) is 0 Å². The maximum absolute atomic E-state index is 10.1. The molecule has 1 atom stereocenters. The molecule has 1 heterocycles. The van der Waals surface area contributed by atoms with Crippen molar-refractivity contribution in [2.75, 3.05) is 6.67 Å². The third kappa shape index (κ3) is 3.22. The van der Waals surface area contributed by atoms with Crippen molar-refractivity contribution in [1.29, 1.82) is 0 Å². The van der Waals surface area contributed by atoms with E-state index in [2.05, 4.69) is 10.6 Å². The van der Waals surface area contributed by atoms with Gasteiger partial charge in [0.1, 0.15) is 6.23 Å². The second-order valence-electron chi connectivity index (χ2n) is 1.87. The van der Waals surface area contributed by atoms with Crippen molar-refractivity contribution in [2.24, 2.45) is 0 Å². The quantitative estimate of drug-likeness (QED) is 0.338. The maximum atomic E-state index is 10.1. The van der Waals surface area contributed by atoms with E-state index in [0.29, 0.717) is 0 Å². The molecule has 1 aliphatic heterocycles. The number of carbonyl (C=O) groups excluding carboxylic acids is 1. The molecule has 0 aliphatic carbocycles. The van der Waals surface area contributed by atoms with Crippen LogP contribution in [0.15, 0.2) is 11.8 Å². The van der Waals surface area contributed by atoms with Gasteiger partial charge in [0.15, 0.2) is 0 Å². The minimum absolute atomic E-state index is 0. The molecule has 1 rings (SSSR count). The van der Waals surface area contributed by atoms with Gasteiger partial charge in [0.05, 0.1) is 18.3 Å². The summed E-state index contributed by atoms with van der Waals surface area (Å²) in [6, 6.07) is 0. The van der Waals surface area contributed by atoms with Gasteiger partial charge in [-0.2, -0.15) is 0 Å². The number of carbonyl (C=O) groups is 1. The van der Waals surface area contributed by atoms with E-state index >= 15 is 0 Å². The van der Waals surface area contributed by atoms with Crippen LogP contribution in [0.25, 0.3) is 0 Å². The second kappa shape index (κ2) is 4.74. The topological polar surface area (TPSA) is 84.4 Å². The minimum Gasteiger partial charge on any atom is -0.543 e. The molecular formula is C5H7N2NaO3. The molecule has 0 saturated heterocycles. The molecule has 0 aromatic rings. The first-order valence-corrected chi connectivity index (χ1v) is 2.78. The Bertz CT molecular complexity index is 183. The van der Waals surface area contributed by atoms with Crippen LogP contribution in [-0.4, -0.2) is 24.0 Å². The van der Waals surface area contributed by atoms with Gasteiger partial charge in [0, 0.05) is 0 Å². The Kier molecular flexibility index (Phi) is 4.71. The van der Waals surface area contributed by atoms with Crippen LogP contribution in [0.5, 0.6) is 0 Å². The molecule has 0 aromatic heterocycles. The fourth-order valence-electron chi connectivity index (χ4n) is 0.667. The predicted octanol–water partition coefficient (Wildman–Crippen LogP) is -5.91. The zero-order valence-corrected chi connectivity index (χ0v) is 8.13. The third-order valence-electron chi connectivity index (χ3n) is 1.13. The molecule has 0 saturated carbocycles. The summed E-state index contributed by atoms with van der Waals surface area (Å²) in [7, 11) is 0. The predicted molar refractivity (Wildman–Crippen MR) is 30.2 cm³/mol. The Hall–Kier alpha value is -0.0700. The zero-order valence-electron chi connectivity index (χ0n) is 6.13. The third-order valence-corrected chi connectivity index (χ3v) is 1.13. The number of aliphatic hydroxyl groups is 1. The SMILES string of the molecule is O=C([O-])C1=CC(O)NCN1.[Na+]. The van der Waals surface area contributed by atoms with Crippen LogP contribution in [-0.2, 0) is 4.79 Å². The van der Waals surface area contributed by atoms with Crippen LogP contribution >= 0.6 is 0 Å². The fourth-order valence-corrected chi connectivity index (χ4v) is 0.667. The van der Waals surface area contributed by atoms with Gasteiger partial charge in [-0.3, -0.25) is 5.32 Å². The second-order valence-corrected chi connectivity index (χ2v) is 1.87. The van der Waals surface area contributed by atoms with Crippen LogP contribution in [0.1, 0.15) is 0 Å². The van der Waals surface area contributed by atoms with E-state index in [0.717, 1.165) is 6.08 Å². The molecule has 0 spiro atoms. The monoisotopic (exact) mass is 166 g/mol. The van der Waals surface area contributed by atoms with Crippen molar-refractivity contribution in [1.82, 2.24) is 10.6 Å². The van der Waals surface area contributed by atoms with Gasteiger partial charge in [-0.15, -0.1) is 0 Å². The average Bonchev–Trinajstić information content (AvgIpc) is 1.88. The van der Waals surface area contributed by atoms with E-state index in [9.17, 15) is 9.90 Å². The molecule has 0 amide bonds.